The summed E-state index contributed by atoms with van der Waals surface area (Å²) in [7, 11) is 0. The largest absolute Gasteiger partial charge is 0.283 e. The monoisotopic (exact) mass is 435 g/mol. The molecule has 152 valence electrons. The van der Waals surface area contributed by atoms with Gasteiger partial charge in [0.15, 0.2) is 5.13 Å². The third-order valence-corrected chi connectivity index (χ3v) is 6.32. The van der Waals surface area contributed by atoms with Crippen molar-refractivity contribution in [3.63, 3.8) is 0 Å². The van der Waals surface area contributed by atoms with Crippen LogP contribution in [0.5, 0.6) is 0 Å². The molecule has 0 atom stereocenters. The molecule has 0 bridgehead atoms. The summed E-state index contributed by atoms with van der Waals surface area (Å²) >= 11 is 7.72. The molecule has 0 fully saturated rings. The Morgan fingerprint density at radius 2 is 1.93 bits per heavy atom. The van der Waals surface area contributed by atoms with Gasteiger partial charge in [-0.15, -0.1) is 0 Å². The van der Waals surface area contributed by atoms with Crippen molar-refractivity contribution in [3.8, 4) is 0 Å². The van der Waals surface area contributed by atoms with Gasteiger partial charge in [0.1, 0.15) is 0 Å². The zero-order valence-corrected chi connectivity index (χ0v) is 18.7. The summed E-state index contributed by atoms with van der Waals surface area (Å²) in [5, 5.41) is 1.35. The number of pyridine rings is 1. The number of anilines is 1. The Labute approximate surface area is 185 Å². The molecule has 4 nitrogen and oxygen atoms in total. The van der Waals surface area contributed by atoms with Gasteiger partial charge < -0.3 is 0 Å². The van der Waals surface area contributed by atoms with Crippen LogP contribution in [-0.4, -0.2) is 15.9 Å². The van der Waals surface area contributed by atoms with Gasteiger partial charge in [-0.25, -0.2) is 4.98 Å². The fraction of sp³-hybridized carbons (Fsp3) is 0.208. The topological polar surface area (TPSA) is 46.1 Å². The second-order valence-electron chi connectivity index (χ2n) is 7.51. The Hall–Kier alpha value is -2.76. The van der Waals surface area contributed by atoms with Crippen molar-refractivity contribution in [1.82, 2.24) is 9.97 Å². The summed E-state index contributed by atoms with van der Waals surface area (Å²) in [5.41, 5.74) is 6.19. The molecular weight excluding hydrogens is 414 g/mol. The Morgan fingerprint density at radius 3 is 2.67 bits per heavy atom. The van der Waals surface area contributed by atoms with Crippen molar-refractivity contribution < 1.29 is 4.79 Å². The van der Waals surface area contributed by atoms with E-state index in [-0.39, 0.29) is 5.91 Å². The van der Waals surface area contributed by atoms with E-state index in [0.29, 0.717) is 23.1 Å². The Bertz CT molecular complexity index is 1220. The van der Waals surface area contributed by atoms with E-state index in [9.17, 15) is 4.79 Å². The average molecular weight is 436 g/mol. The van der Waals surface area contributed by atoms with Crippen molar-refractivity contribution in [2.75, 3.05) is 4.90 Å². The van der Waals surface area contributed by atoms with Crippen molar-refractivity contribution in [1.29, 1.82) is 0 Å². The van der Waals surface area contributed by atoms with E-state index in [2.05, 4.69) is 18.0 Å². The lowest BCUT2D eigenvalue weighted by molar-refractivity contribution is -0.118. The summed E-state index contributed by atoms with van der Waals surface area (Å²) in [6.07, 6.45) is 3.84. The number of amides is 1. The molecule has 4 rings (SSSR count). The van der Waals surface area contributed by atoms with Crippen LogP contribution in [0.15, 0.2) is 54.9 Å². The maximum Gasteiger partial charge on any atom is 0.233 e. The molecule has 1 amide bonds. The zero-order chi connectivity index (χ0) is 21.3. The zero-order valence-electron chi connectivity index (χ0n) is 17.1. The number of hydrogen-bond donors (Lipinski definition) is 0. The second-order valence-corrected chi connectivity index (χ2v) is 8.96. The molecule has 0 aliphatic heterocycles. The lowest BCUT2D eigenvalue weighted by atomic mass is 10.0. The van der Waals surface area contributed by atoms with Gasteiger partial charge in [0, 0.05) is 17.4 Å². The van der Waals surface area contributed by atoms with E-state index in [1.54, 1.807) is 17.3 Å². The van der Waals surface area contributed by atoms with Crippen LogP contribution in [0.1, 0.15) is 27.8 Å². The molecule has 0 aliphatic rings. The molecule has 2 heterocycles. The van der Waals surface area contributed by atoms with E-state index < -0.39 is 0 Å². The number of nitrogens with zero attached hydrogens (tertiary/aromatic N) is 3. The van der Waals surface area contributed by atoms with E-state index in [4.69, 9.17) is 16.6 Å². The predicted octanol–water partition coefficient (Wildman–Crippen LogP) is 6.05. The first-order valence-corrected chi connectivity index (χ1v) is 10.9. The summed E-state index contributed by atoms with van der Waals surface area (Å²) < 4.78 is 0.977. The quantitative estimate of drug-likeness (QED) is 0.383. The normalized spacial score (nSPS) is 11.1. The highest BCUT2D eigenvalue weighted by Crippen LogP contribution is 2.34. The maximum absolute atomic E-state index is 13.4. The first-order chi connectivity index (χ1) is 14.4. The molecule has 0 radical (unpaired) electrons. The number of fused-ring (bicyclic) bond motifs is 1. The van der Waals surface area contributed by atoms with Crippen molar-refractivity contribution >= 4 is 44.2 Å². The highest BCUT2D eigenvalue weighted by atomic mass is 35.5. The van der Waals surface area contributed by atoms with Crippen molar-refractivity contribution in [3.05, 3.63) is 87.7 Å². The number of benzene rings is 2. The van der Waals surface area contributed by atoms with Gasteiger partial charge in [-0.3, -0.25) is 14.7 Å². The molecule has 0 N–H and O–H groups in total. The highest BCUT2D eigenvalue weighted by molar-refractivity contribution is 7.22. The standard InChI is InChI=1S/C24H22ClN3OS/c1-15-6-7-19(16(2)9-15)11-22(29)28(14-18-5-4-8-26-13-18)24-27-23-17(3)10-20(25)12-21(23)30-24/h4-10,12-13H,11,14H2,1-3H3. The number of carbonyl (C=O) groups is 1. The Morgan fingerprint density at radius 1 is 1.10 bits per heavy atom. The number of hydrogen-bond acceptors (Lipinski definition) is 4. The molecule has 6 heteroatoms. The smallest absolute Gasteiger partial charge is 0.233 e. The van der Waals surface area contributed by atoms with Crippen LogP contribution in [0.3, 0.4) is 0 Å². The minimum absolute atomic E-state index is 0.00797. The molecule has 30 heavy (non-hydrogen) atoms. The van der Waals surface area contributed by atoms with Gasteiger partial charge in [0.2, 0.25) is 5.91 Å². The number of aryl methyl sites for hydroxylation is 3. The van der Waals surface area contributed by atoms with Gasteiger partial charge in [-0.05, 0) is 61.2 Å². The van der Waals surface area contributed by atoms with E-state index >= 15 is 0 Å². The van der Waals surface area contributed by atoms with E-state index in [1.807, 2.05) is 50.2 Å². The van der Waals surface area contributed by atoms with Crippen LogP contribution >= 0.6 is 22.9 Å². The molecule has 0 unspecified atom stereocenters. The van der Waals surface area contributed by atoms with Crippen LogP contribution in [-0.2, 0) is 17.8 Å². The summed E-state index contributed by atoms with van der Waals surface area (Å²) in [6.45, 7) is 6.51. The fourth-order valence-corrected chi connectivity index (χ4v) is 4.93. The van der Waals surface area contributed by atoms with Crippen LogP contribution in [0.2, 0.25) is 5.02 Å². The van der Waals surface area contributed by atoms with E-state index in [0.717, 1.165) is 32.5 Å². The van der Waals surface area contributed by atoms with Crippen LogP contribution < -0.4 is 4.90 Å². The van der Waals surface area contributed by atoms with Gasteiger partial charge in [0.25, 0.3) is 0 Å². The third-order valence-electron chi connectivity index (χ3n) is 5.07. The van der Waals surface area contributed by atoms with Gasteiger partial charge in [0.05, 0.1) is 23.2 Å². The molecule has 4 aromatic rings. The summed E-state index contributed by atoms with van der Waals surface area (Å²) in [5.74, 6) is 0.00797. The molecular formula is C24H22ClN3OS. The molecule has 2 aromatic carbocycles. The predicted molar refractivity (Wildman–Crippen MR) is 124 cm³/mol. The number of aromatic nitrogens is 2. The minimum Gasteiger partial charge on any atom is -0.283 e. The lowest BCUT2D eigenvalue weighted by Gasteiger charge is -2.20. The Balaban J connectivity index is 1.72. The average Bonchev–Trinajstić information content (AvgIpc) is 3.13. The maximum atomic E-state index is 13.4. The molecule has 2 aromatic heterocycles. The third kappa shape index (κ3) is 4.37. The van der Waals surface area contributed by atoms with E-state index in [1.165, 1.54) is 16.9 Å². The number of rotatable bonds is 5. The number of carbonyl (C=O) groups excluding carboxylic acids is 1. The molecule has 0 aliphatic carbocycles. The summed E-state index contributed by atoms with van der Waals surface area (Å²) in [4.78, 5) is 24.2. The van der Waals surface area contributed by atoms with Gasteiger partial charge in [-0.2, -0.15) is 0 Å². The number of thiazole rings is 1. The first-order valence-electron chi connectivity index (χ1n) is 9.73. The van der Waals surface area contributed by atoms with Crippen LogP contribution in [0.4, 0.5) is 5.13 Å². The fourth-order valence-electron chi connectivity index (χ4n) is 3.50. The summed E-state index contributed by atoms with van der Waals surface area (Å²) in [6, 6.07) is 13.8. The van der Waals surface area contributed by atoms with Crippen molar-refractivity contribution in [2.45, 2.75) is 33.7 Å². The van der Waals surface area contributed by atoms with Gasteiger partial charge >= 0.3 is 0 Å². The van der Waals surface area contributed by atoms with Crippen LogP contribution in [0.25, 0.3) is 10.2 Å². The second kappa shape index (κ2) is 8.54. The van der Waals surface area contributed by atoms with Crippen LogP contribution in [0, 0.1) is 20.8 Å². The Kier molecular flexibility index (Phi) is 5.84. The molecule has 0 saturated carbocycles. The molecule has 0 saturated heterocycles. The minimum atomic E-state index is 0.00797. The van der Waals surface area contributed by atoms with Crippen molar-refractivity contribution in [2.24, 2.45) is 0 Å². The first kappa shape index (κ1) is 20.5. The number of halogens is 1. The van der Waals surface area contributed by atoms with Gasteiger partial charge in [-0.1, -0.05) is 52.8 Å². The molecule has 0 spiro atoms. The lowest BCUT2D eigenvalue weighted by Crippen LogP contribution is -2.32. The highest BCUT2D eigenvalue weighted by Gasteiger charge is 2.22. The SMILES string of the molecule is Cc1ccc(CC(=O)N(Cc2cccnc2)c2nc3c(C)cc(Cl)cc3s2)c(C)c1.